The van der Waals surface area contributed by atoms with Crippen molar-refractivity contribution in [2.45, 2.75) is 13.0 Å². The minimum absolute atomic E-state index is 0.0285. The van der Waals surface area contributed by atoms with E-state index < -0.39 is 11.7 Å². The van der Waals surface area contributed by atoms with E-state index in [1.165, 1.54) is 23.5 Å². The first-order valence-corrected chi connectivity index (χ1v) is 7.14. The summed E-state index contributed by atoms with van der Waals surface area (Å²) in [5.74, 6) is 4.30. The molecular formula is C15H13FN2O2S. The number of carbonyl (C=O) groups is 1. The number of hydrogen-bond acceptors (Lipinski definition) is 4. The first kappa shape index (κ1) is 15.2. The largest absolute Gasteiger partial charge is 0.395 e. The van der Waals surface area contributed by atoms with Crippen LogP contribution in [0.2, 0.25) is 0 Å². The van der Waals surface area contributed by atoms with Gasteiger partial charge in [-0.25, -0.2) is 9.37 Å². The predicted molar refractivity (Wildman–Crippen MR) is 78.3 cm³/mol. The molecule has 108 valence electrons. The molecule has 0 aliphatic carbocycles. The molecule has 1 aromatic carbocycles. The van der Waals surface area contributed by atoms with Crippen molar-refractivity contribution in [3.63, 3.8) is 0 Å². The molecule has 0 unspecified atom stereocenters. The number of amides is 1. The van der Waals surface area contributed by atoms with Gasteiger partial charge in [0.05, 0.1) is 18.7 Å². The number of aromatic nitrogens is 1. The van der Waals surface area contributed by atoms with Gasteiger partial charge in [-0.3, -0.25) is 4.79 Å². The topological polar surface area (TPSA) is 62.2 Å². The molecule has 0 bridgehead atoms. The third kappa shape index (κ3) is 4.38. The molecule has 0 atom stereocenters. The quantitative estimate of drug-likeness (QED) is 0.849. The van der Waals surface area contributed by atoms with Gasteiger partial charge in [-0.1, -0.05) is 11.8 Å². The number of benzene rings is 1. The normalized spacial score (nSPS) is 9.81. The van der Waals surface area contributed by atoms with Crippen molar-refractivity contribution in [2.24, 2.45) is 0 Å². The molecule has 0 fully saturated rings. The number of nitrogens with zero attached hydrogens (tertiary/aromatic N) is 1. The molecule has 21 heavy (non-hydrogen) atoms. The number of thiazole rings is 1. The summed E-state index contributed by atoms with van der Waals surface area (Å²) in [6, 6.07) is 4.18. The fraction of sp³-hybridized carbons (Fsp3) is 0.200. The molecule has 6 heteroatoms. The molecule has 0 radical (unpaired) electrons. The third-order valence-electron chi connectivity index (χ3n) is 2.57. The Kier molecular flexibility index (Phi) is 5.43. The van der Waals surface area contributed by atoms with Crippen molar-refractivity contribution in [1.29, 1.82) is 0 Å². The third-order valence-corrected chi connectivity index (χ3v) is 3.35. The van der Waals surface area contributed by atoms with Crippen LogP contribution in [0.1, 0.15) is 27.3 Å². The van der Waals surface area contributed by atoms with Gasteiger partial charge in [-0.2, -0.15) is 0 Å². The second-order valence-corrected chi connectivity index (χ2v) is 5.06. The van der Waals surface area contributed by atoms with Gasteiger partial charge in [0.1, 0.15) is 10.8 Å². The Bertz CT molecular complexity index is 675. The van der Waals surface area contributed by atoms with E-state index >= 15 is 0 Å². The van der Waals surface area contributed by atoms with Gasteiger partial charge in [-0.05, 0) is 18.2 Å². The van der Waals surface area contributed by atoms with Gasteiger partial charge in [0, 0.05) is 23.6 Å². The smallest absolute Gasteiger partial charge is 0.254 e. The van der Waals surface area contributed by atoms with Crippen LogP contribution in [0.25, 0.3) is 0 Å². The minimum atomic E-state index is -0.623. The van der Waals surface area contributed by atoms with E-state index in [4.69, 9.17) is 5.11 Å². The van der Waals surface area contributed by atoms with Crippen LogP contribution in [-0.4, -0.2) is 22.6 Å². The molecule has 0 saturated heterocycles. The van der Waals surface area contributed by atoms with Crippen LogP contribution in [0.4, 0.5) is 4.39 Å². The van der Waals surface area contributed by atoms with Gasteiger partial charge >= 0.3 is 0 Å². The van der Waals surface area contributed by atoms with Gasteiger partial charge in [-0.15, -0.1) is 11.3 Å². The number of hydrogen-bond donors (Lipinski definition) is 2. The fourth-order valence-corrected chi connectivity index (χ4v) is 2.14. The van der Waals surface area contributed by atoms with Crippen LogP contribution in [-0.2, 0) is 6.54 Å². The highest BCUT2D eigenvalue weighted by molar-refractivity contribution is 7.09. The molecule has 2 aromatic rings. The Morgan fingerprint density at radius 2 is 2.33 bits per heavy atom. The highest BCUT2D eigenvalue weighted by Gasteiger charge is 2.12. The van der Waals surface area contributed by atoms with Gasteiger partial charge < -0.3 is 10.4 Å². The Hall–Kier alpha value is -2.23. The summed E-state index contributed by atoms with van der Waals surface area (Å²) in [5.41, 5.74) is 0.441. The van der Waals surface area contributed by atoms with Crippen LogP contribution >= 0.6 is 11.3 Å². The van der Waals surface area contributed by atoms with Crippen LogP contribution in [0.15, 0.2) is 29.8 Å². The number of aliphatic hydroxyl groups excluding tert-OH is 1. The second-order valence-electron chi connectivity index (χ2n) is 4.08. The monoisotopic (exact) mass is 304 g/mol. The highest BCUT2D eigenvalue weighted by Crippen LogP contribution is 2.11. The van der Waals surface area contributed by atoms with E-state index in [1.807, 2.05) is 5.38 Å². The SMILES string of the molecule is O=C(NCc1nccs1)c1ccc(C#CCCO)cc1F. The standard InChI is InChI=1S/C15H13FN2O2S/c16-13-9-11(3-1-2-7-19)4-5-12(13)15(20)18-10-14-17-6-8-21-14/h4-6,8-9,19H,2,7,10H2,(H,18,20). The summed E-state index contributed by atoms with van der Waals surface area (Å²) in [7, 11) is 0. The van der Waals surface area contributed by atoms with Crippen molar-refractivity contribution < 1.29 is 14.3 Å². The van der Waals surface area contributed by atoms with E-state index in [9.17, 15) is 9.18 Å². The number of rotatable bonds is 4. The molecule has 0 aliphatic heterocycles. The molecule has 1 aromatic heterocycles. The van der Waals surface area contributed by atoms with E-state index in [1.54, 1.807) is 12.3 Å². The number of nitrogens with one attached hydrogen (secondary N) is 1. The second kappa shape index (κ2) is 7.53. The summed E-state index contributed by atoms with van der Waals surface area (Å²) in [5, 5.41) is 13.8. The summed E-state index contributed by atoms with van der Waals surface area (Å²) in [4.78, 5) is 15.9. The Labute approximate surface area is 125 Å². The Balaban J connectivity index is 2.03. The fourth-order valence-electron chi connectivity index (χ4n) is 1.59. The Morgan fingerprint density at radius 1 is 1.48 bits per heavy atom. The Morgan fingerprint density at radius 3 is 3.00 bits per heavy atom. The lowest BCUT2D eigenvalue weighted by Gasteiger charge is -2.04. The first-order chi connectivity index (χ1) is 10.2. The maximum atomic E-state index is 13.9. The van der Waals surface area contributed by atoms with Crippen LogP contribution in [0.5, 0.6) is 0 Å². The number of halogens is 1. The molecule has 2 N–H and O–H groups in total. The van der Waals surface area contributed by atoms with Crippen LogP contribution < -0.4 is 5.32 Å². The van der Waals surface area contributed by atoms with E-state index in [0.29, 0.717) is 12.0 Å². The molecule has 1 heterocycles. The molecule has 0 aliphatic rings. The molecule has 0 spiro atoms. The summed E-state index contributed by atoms with van der Waals surface area (Å²) >= 11 is 1.42. The van der Waals surface area contributed by atoms with E-state index in [0.717, 1.165) is 5.01 Å². The van der Waals surface area contributed by atoms with E-state index in [2.05, 4.69) is 22.1 Å². The molecular weight excluding hydrogens is 291 g/mol. The molecule has 4 nitrogen and oxygen atoms in total. The van der Waals surface area contributed by atoms with Crippen molar-refractivity contribution >= 4 is 17.2 Å². The molecule has 2 rings (SSSR count). The molecule has 0 saturated carbocycles. The van der Waals surface area contributed by atoms with Gasteiger partial charge in [0.25, 0.3) is 5.91 Å². The van der Waals surface area contributed by atoms with Crippen molar-refractivity contribution in [3.05, 3.63) is 51.7 Å². The zero-order chi connectivity index (χ0) is 15.1. The zero-order valence-electron chi connectivity index (χ0n) is 11.1. The summed E-state index contributed by atoms with van der Waals surface area (Å²) in [6.45, 7) is 0.237. The lowest BCUT2D eigenvalue weighted by molar-refractivity contribution is 0.0947. The van der Waals surface area contributed by atoms with Gasteiger partial charge in [0.15, 0.2) is 0 Å². The minimum Gasteiger partial charge on any atom is -0.395 e. The van der Waals surface area contributed by atoms with Crippen molar-refractivity contribution in [3.8, 4) is 11.8 Å². The van der Waals surface area contributed by atoms with Crippen LogP contribution in [0, 0.1) is 17.7 Å². The van der Waals surface area contributed by atoms with E-state index in [-0.39, 0.29) is 18.7 Å². The average molecular weight is 304 g/mol. The first-order valence-electron chi connectivity index (χ1n) is 6.26. The van der Waals surface area contributed by atoms with Crippen LogP contribution in [0.3, 0.4) is 0 Å². The van der Waals surface area contributed by atoms with Crippen molar-refractivity contribution in [2.75, 3.05) is 6.61 Å². The highest BCUT2D eigenvalue weighted by atomic mass is 32.1. The summed E-state index contributed by atoms with van der Waals surface area (Å²) in [6.07, 6.45) is 1.98. The lowest BCUT2D eigenvalue weighted by atomic mass is 10.1. The van der Waals surface area contributed by atoms with Gasteiger partial charge in [0.2, 0.25) is 0 Å². The average Bonchev–Trinajstić information content (AvgIpc) is 2.98. The number of carbonyl (C=O) groups excluding carboxylic acids is 1. The maximum absolute atomic E-state index is 13.9. The summed E-state index contributed by atoms with van der Waals surface area (Å²) < 4.78 is 13.9. The van der Waals surface area contributed by atoms with Crippen molar-refractivity contribution in [1.82, 2.24) is 10.3 Å². The molecule has 1 amide bonds. The number of aliphatic hydroxyl groups is 1. The predicted octanol–water partition coefficient (Wildman–Crippen LogP) is 1.95. The lowest BCUT2D eigenvalue weighted by Crippen LogP contribution is -2.23. The zero-order valence-corrected chi connectivity index (χ0v) is 11.9. The maximum Gasteiger partial charge on any atom is 0.254 e.